The van der Waals surface area contributed by atoms with Gasteiger partial charge in [0.15, 0.2) is 6.10 Å². The fraction of sp³-hybridized carbons (Fsp3) is 1.00. The van der Waals surface area contributed by atoms with E-state index in [2.05, 4.69) is 41.8 Å². The predicted molar refractivity (Wildman–Crippen MR) is 107 cm³/mol. The average Bonchev–Trinajstić information content (AvgIpc) is 2.54. The molecule has 0 saturated heterocycles. The van der Waals surface area contributed by atoms with Gasteiger partial charge in [-0.3, -0.25) is 0 Å². The molecule has 0 aromatic carbocycles. The average molecular weight is 345 g/mol. The van der Waals surface area contributed by atoms with E-state index in [9.17, 15) is 5.11 Å². The lowest BCUT2D eigenvalue weighted by atomic mass is 10.1. The lowest BCUT2D eigenvalue weighted by Gasteiger charge is -2.40. The van der Waals surface area contributed by atoms with Gasteiger partial charge in [-0.05, 0) is 25.7 Å². The minimum atomic E-state index is -0.178. The summed E-state index contributed by atoms with van der Waals surface area (Å²) in [5.74, 6) is 0. The number of likely N-dealkylation sites (N-methyl/N-ethyl adjacent to an activating group) is 2. The zero-order chi connectivity index (χ0) is 18.5. The second-order valence-corrected chi connectivity index (χ2v) is 8.57. The molecule has 3 nitrogen and oxygen atoms in total. The van der Waals surface area contributed by atoms with Gasteiger partial charge in [0.1, 0.15) is 13.1 Å². The molecule has 0 amide bonds. The third-order valence-electron chi connectivity index (χ3n) is 5.51. The van der Waals surface area contributed by atoms with Crippen molar-refractivity contribution in [1.82, 2.24) is 0 Å². The molecule has 3 heteroatoms. The molecule has 0 heterocycles. The molecule has 0 atom stereocenters. The van der Waals surface area contributed by atoms with E-state index in [4.69, 9.17) is 0 Å². The Kier molecular flexibility index (Phi) is 13.1. The molecule has 0 unspecified atom stereocenters. The summed E-state index contributed by atoms with van der Waals surface area (Å²) in [6, 6.07) is 0. The molecule has 0 aromatic rings. The van der Waals surface area contributed by atoms with Gasteiger partial charge in [-0.25, -0.2) is 0 Å². The van der Waals surface area contributed by atoms with Crippen LogP contribution in [0, 0.1) is 0 Å². The highest BCUT2D eigenvalue weighted by Crippen LogP contribution is 2.15. The molecule has 0 fully saturated rings. The number of unbranched alkanes of at least 4 members (excludes halogenated alkanes) is 4. The largest absolute Gasteiger partial charge is 0.382 e. The predicted octanol–water partition coefficient (Wildman–Crippen LogP) is 4.44. The Balaban J connectivity index is 4.75. The van der Waals surface area contributed by atoms with Crippen LogP contribution in [-0.2, 0) is 0 Å². The summed E-state index contributed by atoms with van der Waals surface area (Å²) >= 11 is 0. The summed E-state index contributed by atoms with van der Waals surface area (Å²) in [7, 11) is 4.72. The van der Waals surface area contributed by atoms with E-state index in [-0.39, 0.29) is 6.10 Å². The molecular formula is C21H48N2O+2. The number of hydrogen-bond donors (Lipinski definition) is 1. The standard InChI is InChI=1S/C21H48N2O/c1-7-11-15-22(5,16-12-8-2)19-21(24)20-23(6,17-13-9-3)18-14-10-4/h21,24H,7-20H2,1-6H3/q+2. The smallest absolute Gasteiger partial charge is 0.152 e. The molecule has 0 radical (unpaired) electrons. The van der Waals surface area contributed by atoms with Crippen molar-refractivity contribution in [3.05, 3.63) is 0 Å². The van der Waals surface area contributed by atoms with Gasteiger partial charge in [-0.2, -0.15) is 0 Å². The molecule has 24 heavy (non-hydrogen) atoms. The molecule has 0 aliphatic rings. The molecule has 1 N–H and O–H groups in total. The van der Waals surface area contributed by atoms with E-state index in [1.165, 1.54) is 77.5 Å². The van der Waals surface area contributed by atoms with E-state index in [1.54, 1.807) is 0 Å². The number of aliphatic hydroxyl groups is 1. The molecular weight excluding hydrogens is 296 g/mol. The van der Waals surface area contributed by atoms with Crippen LogP contribution in [0.5, 0.6) is 0 Å². The fourth-order valence-corrected chi connectivity index (χ4v) is 3.82. The molecule has 0 saturated carbocycles. The normalized spacial score (nSPS) is 13.0. The lowest BCUT2D eigenvalue weighted by molar-refractivity contribution is -0.933. The number of quaternary nitrogens is 2. The van der Waals surface area contributed by atoms with E-state index < -0.39 is 0 Å². The van der Waals surface area contributed by atoms with Crippen LogP contribution in [0.4, 0.5) is 0 Å². The molecule has 0 rings (SSSR count). The Morgan fingerprint density at radius 3 is 1.04 bits per heavy atom. The van der Waals surface area contributed by atoms with Crippen LogP contribution >= 0.6 is 0 Å². The van der Waals surface area contributed by atoms with Gasteiger partial charge in [0, 0.05) is 0 Å². The van der Waals surface area contributed by atoms with Crippen molar-refractivity contribution in [2.75, 3.05) is 53.4 Å². The Morgan fingerprint density at radius 2 is 0.833 bits per heavy atom. The summed E-state index contributed by atoms with van der Waals surface area (Å²) in [4.78, 5) is 0. The van der Waals surface area contributed by atoms with Crippen molar-refractivity contribution in [2.24, 2.45) is 0 Å². The number of rotatable bonds is 16. The second kappa shape index (κ2) is 13.1. The highest BCUT2D eigenvalue weighted by atomic mass is 16.3. The third-order valence-corrected chi connectivity index (χ3v) is 5.51. The second-order valence-electron chi connectivity index (χ2n) is 8.57. The maximum Gasteiger partial charge on any atom is 0.152 e. The number of hydrogen-bond acceptors (Lipinski definition) is 1. The Bertz CT molecular complexity index is 250. The fourth-order valence-electron chi connectivity index (χ4n) is 3.82. The minimum Gasteiger partial charge on any atom is -0.382 e. The molecule has 0 bridgehead atoms. The molecule has 0 aromatic heterocycles. The third kappa shape index (κ3) is 10.7. The van der Waals surface area contributed by atoms with Crippen LogP contribution in [0.3, 0.4) is 0 Å². The van der Waals surface area contributed by atoms with Gasteiger partial charge in [-0.1, -0.05) is 53.4 Å². The summed E-state index contributed by atoms with van der Waals surface area (Å²) in [6.45, 7) is 15.8. The minimum absolute atomic E-state index is 0.178. The van der Waals surface area contributed by atoms with Gasteiger partial charge in [-0.15, -0.1) is 0 Å². The van der Waals surface area contributed by atoms with Gasteiger partial charge < -0.3 is 14.1 Å². The lowest BCUT2D eigenvalue weighted by Crippen LogP contribution is -2.56. The van der Waals surface area contributed by atoms with Crippen LogP contribution in [0.2, 0.25) is 0 Å². The SMILES string of the molecule is CCCC[N+](C)(CCCC)CC(O)C[N+](C)(CCCC)CCCC. The highest BCUT2D eigenvalue weighted by molar-refractivity contribution is 4.57. The van der Waals surface area contributed by atoms with Crippen LogP contribution in [0.15, 0.2) is 0 Å². The van der Waals surface area contributed by atoms with Crippen LogP contribution < -0.4 is 0 Å². The molecule has 0 aliphatic heterocycles. The van der Waals surface area contributed by atoms with Crippen LogP contribution in [-0.4, -0.2) is 73.5 Å². The van der Waals surface area contributed by atoms with Crippen LogP contribution in [0.1, 0.15) is 79.1 Å². The van der Waals surface area contributed by atoms with Crippen molar-refractivity contribution < 1.29 is 14.1 Å². The van der Waals surface area contributed by atoms with Crippen molar-refractivity contribution >= 4 is 0 Å². The van der Waals surface area contributed by atoms with Gasteiger partial charge in [0.05, 0.1) is 40.3 Å². The summed E-state index contributed by atoms with van der Waals surface area (Å²) in [6.07, 6.45) is 9.88. The van der Waals surface area contributed by atoms with Gasteiger partial charge in [0.2, 0.25) is 0 Å². The van der Waals surface area contributed by atoms with E-state index in [1.807, 2.05) is 0 Å². The Hall–Kier alpha value is -0.120. The van der Waals surface area contributed by atoms with Crippen molar-refractivity contribution in [2.45, 2.75) is 85.2 Å². The first-order valence-corrected chi connectivity index (χ1v) is 10.7. The highest BCUT2D eigenvalue weighted by Gasteiger charge is 2.30. The quantitative estimate of drug-likeness (QED) is 0.410. The summed E-state index contributed by atoms with van der Waals surface area (Å²) < 4.78 is 2.09. The van der Waals surface area contributed by atoms with Crippen LogP contribution in [0.25, 0.3) is 0 Å². The maximum absolute atomic E-state index is 10.9. The monoisotopic (exact) mass is 344 g/mol. The molecule has 0 spiro atoms. The number of aliphatic hydroxyl groups excluding tert-OH is 1. The molecule has 0 aliphatic carbocycles. The van der Waals surface area contributed by atoms with E-state index in [0.29, 0.717) is 0 Å². The summed E-state index contributed by atoms with van der Waals surface area (Å²) in [5.41, 5.74) is 0. The van der Waals surface area contributed by atoms with Crippen molar-refractivity contribution in [1.29, 1.82) is 0 Å². The topological polar surface area (TPSA) is 20.2 Å². The van der Waals surface area contributed by atoms with Crippen molar-refractivity contribution in [3.8, 4) is 0 Å². The van der Waals surface area contributed by atoms with E-state index in [0.717, 1.165) is 22.1 Å². The zero-order valence-corrected chi connectivity index (χ0v) is 17.8. The maximum atomic E-state index is 10.9. The Morgan fingerprint density at radius 1 is 0.583 bits per heavy atom. The first-order valence-electron chi connectivity index (χ1n) is 10.7. The van der Waals surface area contributed by atoms with Crippen molar-refractivity contribution in [3.63, 3.8) is 0 Å². The number of nitrogens with zero attached hydrogens (tertiary/aromatic N) is 2. The zero-order valence-electron chi connectivity index (χ0n) is 17.8. The van der Waals surface area contributed by atoms with Gasteiger partial charge >= 0.3 is 0 Å². The first-order chi connectivity index (χ1) is 11.3. The Labute approximate surface area is 153 Å². The molecule has 146 valence electrons. The summed E-state index contributed by atoms with van der Waals surface area (Å²) in [5, 5.41) is 10.9. The first kappa shape index (κ1) is 23.9. The van der Waals surface area contributed by atoms with Gasteiger partial charge in [0.25, 0.3) is 0 Å². The van der Waals surface area contributed by atoms with E-state index >= 15 is 0 Å².